The molecular formula is C14H12BrCl3N2O. The van der Waals surface area contributed by atoms with E-state index in [2.05, 4.69) is 26.1 Å². The van der Waals surface area contributed by atoms with Gasteiger partial charge >= 0.3 is 0 Å². The molecule has 0 atom stereocenters. The standard InChI is InChI=1S/C14H12BrCl3N2O/c1-7(2)9-5-12(19-20-14(9)18)21-13-10(16)3-8(6-15)4-11(13)17/h3-5,7H,6H2,1-2H3. The summed E-state index contributed by atoms with van der Waals surface area (Å²) in [5.74, 6) is 0.866. The molecule has 0 spiro atoms. The van der Waals surface area contributed by atoms with Gasteiger partial charge in [-0.15, -0.1) is 10.2 Å². The fourth-order valence-corrected chi connectivity index (χ4v) is 2.96. The van der Waals surface area contributed by atoms with Crippen LogP contribution in [0.2, 0.25) is 15.2 Å². The number of hydrogen-bond acceptors (Lipinski definition) is 3. The predicted molar refractivity (Wildman–Crippen MR) is 90.3 cm³/mol. The Morgan fingerprint density at radius 2 is 1.71 bits per heavy atom. The Labute approximate surface area is 146 Å². The van der Waals surface area contributed by atoms with Gasteiger partial charge in [0.15, 0.2) is 10.9 Å². The highest BCUT2D eigenvalue weighted by atomic mass is 79.9. The van der Waals surface area contributed by atoms with E-state index < -0.39 is 0 Å². The molecular weight excluding hydrogens is 398 g/mol. The van der Waals surface area contributed by atoms with Crippen LogP contribution in [0.25, 0.3) is 0 Å². The first-order valence-corrected chi connectivity index (χ1v) is 8.42. The molecule has 2 aromatic rings. The highest BCUT2D eigenvalue weighted by Crippen LogP contribution is 2.38. The summed E-state index contributed by atoms with van der Waals surface area (Å²) in [4.78, 5) is 0. The lowest BCUT2D eigenvalue weighted by Gasteiger charge is -2.12. The first-order chi connectivity index (χ1) is 9.92. The number of ether oxygens (including phenoxy) is 1. The van der Waals surface area contributed by atoms with Crippen molar-refractivity contribution in [2.75, 3.05) is 0 Å². The van der Waals surface area contributed by atoms with Gasteiger partial charge in [-0.05, 0) is 29.2 Å². The van der Waals surface area contributed by atoms with Gasteiger partial charge in [0.2, 0.25) is 5.88 Å². The second kappa shape index (κ2) is 7.14. The molecule has 0 aliphatic heterocycles. The molecule has 0 N–H and O–H groups in total. The Morgan fingerprint density at radius 1 is 1.10 bits per heavy atom. The van der Waals surface area contributed by atoms with E-state index in [1.165, 1.54) is 0 Å². The monoisotopic (exact) mass is 408 g/mol. The van der Waals surface area contributed by atoms with E-state index in [9.17, 15) is 0 Å². The summed E-state index contributed by atoms with van der Waals surface area (Å²) in [5.41, 5.74) is 1.81. The molecule has 0 saturated carbocycles. The normalized spacial score (nSPS) is 11.0. The molecule has 0 unspecified atom stereocenters. The van der Waals surface area contributed by atoms with Crippen LogP contribution in [0, 0.1) is 0 Å². The summed E-state index contributed by atoms with van der Waals surface area (Å²) >= 11 is 21.8. The number of nitrogens with zero attached hydrogens (tertiary/aromatic N) is 2. The Kier molecular flexibility index (Phi) is 5.72. The minimum atomic E-state index is 0.206. The van der Waals surface area contributed by atoms with Crippen LogP contribution in [0.1, 0.15) is 30.9 Å². The van der Waals surface area contributed by atoms with Crippen LogP contribution in [0.3, 0.4) is 0 Å². The summed E-state index contributed by atoms with van der Waals surface area (Å²) in [6, 6.07) is 5.31. The molecule has 1 heterocycles. The van der Waals surface area contributed by atoms with E-state index in [4.69, 9.17) is 39.5 Å². The van der Waals surface area contributed by atoms with Crippen LogP contribution in [0.5, 0.6) is 11.6 Å². The van der Waals surface area contributed by atoms with Crippen molar-refractivity contribution in [1.82, 2.24) is 10.2 Å². The van der Waals surface area contributed by atoms with Gasteiger partial charge in [-0.2, -0.15) is 0 Å². The van der Waals surface area contributed by atoms with Gasteiger partial charge in [-0.1, -0.05) is 64.6 Å². The third-order valence-corrected chi connectivity index (χ3v) is 4.30. The van der Waals surface area contributed by atoms with Crippen molar-refractivity contribution < 1.29 is 4.74 Å². The minimum absolute atomic E-state index is 0.206. The smallest absolute Gasteiger partial charge is 0.239 e. The SMILES string of the molecule is CC(C)c1cc(Oc2c(Cl)cc(CBr)cc2Cl)nnc1Cl. The van der Waals surface area contributed by atoms with Crippen LogP contribution >= 0.6 is 50.7 Å². The minimum Gasteiger partial charge on any atom is -0.434 e. The molecule has 0 bridgehead atoms. The molecule has 0 saturated heterocycles. The number of hydrogen-bond donors (Lipinski definition) is 0. The van der Waals surface area contributed by atoms with Gasteiger partial charge < -0.3 is 4.74 Å². The molecule has 0 fully saturated rings. The van der Waals surface area contributed by atoms with Gasteiger partial charge in [0.05, 0.1) is 10.0 Å². The molecule has 1 aromatic carbocycles. The first kappa shape index (κ1) is 16.8. The quantitative estimate of drug-likeness (QED) is 0.559. The van der Waals surface area contributed by atoms with Gasteiger partial charge in [-0.25, -0.2) is 0 Å². The van der Waals surface area contributed by atoms with E-state index in [1.807, 2.05) is 13.8 Å². The second-order valence-electron chi connectivity index (χ2n) is 4.71. The molecule has 112 valence electrons. The van der Waals surface area contributed by atoms with Crippen molar-refractivity contribution in [3.8, 4) is 11.6 Å². The van der Waals surface area contributed by atoms with E-state index >= 15 is 0 Å². The Hall–Kier alpha value is -0.550. The Bertz CT molecular complexity index is 642. The Morgan fingerprint density at radius 3 is 2.24 bits per heavy atom. The van der Waals surface area contributed by atoms with Crippen molar-refractivity contribution >= 4 is 50.7 Å². The summed E-state index contributed by atoms with van der Waals surface area (Å²) in [6.07, 6.45) is 0. The van der Waals surface area contributed by atoms with E-state index in [1.54, 1.807) is 18.2 Å². The highest BCUT2D eigenvalue weighted by molar-refractivity contribution is 9.08. The fourth-order valence-electron chi connectivity index (χ4n) is 1.72. The summed E-state index contributed by atoms with van der Waals surface area (Å²) in [5, 5.41) is 9.65. The van der Waals surface area contributed by atoms with Crippen LogP contribution in [-0.4, -0.2) is 10.2 Å². The summed E-state index contributed by atoms with van der Waals surface area (Å²) < 4.78 is 5.67. The predicted octanol–water partition coefficient (Wildman–Crippen LogP) is 6.25. The van der Waals surface area contributed by atoms with Crippen molar-refractivity contribution in [3.63, 3.8) is 0 Å². The molecule has 1 aromatic heterocycles. The zero-order valence-corrected chi connectivity index (χ0v) is 15.2. The van der Waals surface area contributed by atoms with Crippen molar-refractivity contribution in [2.45, 2.75) is 25.1 Å². The fraction of sp³-hybridized carbons (Fsp3) is 0.286. The number of rotatable bonds is 4. The maximum Gasteiger partial charge on any atom is 0.239 e. The van der Waals surface area contributed by atoms with Crippen molar-refractivity contribution in [1.29, 1.82) is 0 Å². The largest absolute Gasteiger partial charge is 0.434 e. The highest BCUT2D eigenvalue weighted by Gasteiger charge is 2.14. The second-order valence-corrected chi connectivity index (χ2v) is 6.44. The van der Waals surface area contributed by atoms with Gasteiger partial charge in [0.1, 0.15) is 0 Å². The maximum absolute atomic E-state index is 6.19. The average molecular weight is 411 g/mol. The van der Waals surface area contributed by atoms with Crippen LogP contribution < -0.4 is 4.74 Å². The molecule has 0 aliphatic carbocycles. The van der Waals surface area contributed by atoms with E-state index in [0.717, 1.165) is 11.1 Å². The molecule has 7 heteroatoms. The zero-order valence-electron chi connectivity index (χ0n) is 11.3. The van der Waals surface area contributed by atoms with E-state index in [-0.39, 0.29) is 5.92 Å². The lowest BCUT2D eigenvalue weighted by Crippen LogP contribution is -1.98. The molecule has 3 nitrogen and oxygen atoms in total. The van der Waals surface area contributed by atoms with Crippen molar-refractivity contribution in [3.05, 3.63) is 44.5 Å². The number of halogens is 4. The zero-order chi connectivity index (χ0) is 15.6. The number of aromatic nitrogens is 2. The molecule has 0 amide bonds. The number of benzene rings is 1. The van der Waals surface area contributed by atoms with Crippen molar-refractivity contribution in [2.24, 2.45) is 0 Å². The molecule has 21 heavy (non-hydrogen) atoms. The first-order valence-electron chi connectivity index (χ1n) is 6.17. The van der Waals surface area contributed by atoms with Crippen LogP contribution in [0.4, 0.5) is 0 Å². The third-order valence-electron chi connectivity index (χ3n) is 2.79. The maximum atomic E-state index is 6.19. The van der Waals surface area contributed by atoms with Gasteiger partial charge in [0, 0.05) is 11.4 Å². The molecule has 0 aliphatic rings. The average Bonchev–Trinajstić information content (AvgIpc) is 2.43. The summed E-state index contributed by atoms with van der Waals surface area (Å²) in [6.45, 7) is 4.02. The third kappa shape index (κ3) is 4.01. The topological polar surface area (TPSA) is 35.0 Å². The Balaban J connectivity index is 2.37. The number of alkyl halides is 1. The van der Waals surface area contributed by atoms with Gasteiger partial charge in [-0.3, -0.25) is 0 Å². The van der Waals surface area contributed by atoms with Gasteiger partial charge in [0.25, 0.3) is 0 Å². The van der Waals surface area contributed by atoms with Crippen LogP contribution in [0.15, 0.2) is 18.2 Å². The lowest BCUT2D eigenvalue weighted by molar-refractivity contribution is 0.454. The molecule has 2 rings (SSSR count). The van der Waals surface area contributed by atoms with E-state index in [0.29, 0.717) is 32.2 Å². The van der Waals surface area contributed by atoms with Crippen LogP contribution in [-0.2, 0) is 5.33 Å². The lowest BCUT2D eigenvalue weighted by atomic mass is 10.1. The summed E-state index contributed by atoms with van der Waals surface area (Å²) in [7, 11) is 0. The molecule has 0 radical (unpaired) electrons.